The third-order valence-corrected chi connectivity index (χ3v) is 4.16. The Labute approximate surface area is 115 Å². The Bertz CT molecular complexity index is 319. The first kappa shape index (κ1) is 14.3. The van der Waals surface area contributed by atoms with Gasteiger partial charge in [0, 0.05) is 52.1 Å². The first-order chi connectivity index (χ1) is 9.16. The van der Waals surface area contributed by atoms with E-state index in [0.717, 1.165) is 58.0 Å². The van der Waals surface area contributed by atoms with Gasteiger partial charge in [0.15, 0.2) is 0 Å². The fourth-order valence-corrected chi connectivity index (χ4v) is 2.70. The Morgan fingerprint density at radius 2 is 1.42 bits per heavy atom. The van der Waals surface area contributed by atoms with Crippen molar-refractivity contribution in [3.05, 3.63) is 0 Å². The Hall–Kier alpha value is -1.10. The zero-order valence-electron chi connectivity index (χ0n) is 11.9. The van der Waals surface area contributed by atoms with E-state index in [1.807, 2.05) is 9.80 Å². The maximum absolute atomic E-state index is 12.0. The number of piperidine rings is 1. The van der Waals surface area contributed by atoms with Crippen molar-refractivity contribution in [3.63, 3.8) is 0 Å². The lowest BCUT2D eigenvalue weighted by atomic mass is 9.99. The summed E-state index contributed by atoms with van der Waals surface area (Å²) in [5, 5.41) is 3.22. The van der Waals surface area contributed by atoms with Gasteiger partial charge in [-0.1, -0.05) is 6.92 Å². The number of carbonyl (C=O) groups excluding carboxylic acids is 2. The zero-order chi connectivity index (χ0) is 13.7. The van der Waals surface area contributed by atoms with Crippen LogP contribution in [0.15, 0.2) is 0 Å². The Balaban J connectivity index is 1.69. The lowest BCUT2D eigenvalue weighted by Gasteiger charge is -2.31. The van der Waals surface area contributed by atoms with Gasteiger partial charge in [0.25, 0.3) is 0 Å². The van der Waals surface area contributed by atoms with Crippen molar-refractivity contribution < 1.29 is 9.59 Å². The molecule has 108 valence electrons. The summed E-state index contributed by atoms with van der Waals surface area (Å²) in [4.78, 5) is 27.8. The van der Waals surface area contributed by atoms with Crippen LogP contribution in [0.2, 0.25) is 0 Å². The summed E-state index contributed by atoms with van der Waals surface area (Å²) in [6.45, 7) is 7.23. The van der Waals surface area contributed by atoms with Gasteiger partial charge in [-0.15, -0.1) is 0 Å². The Morgan fingerprint density at radius 3 is 1.95 bits per heavy atom. The number of rotatable bonds is 3. The van der Waals surface area contributed by atoms with Gasteiger partial charge in [-0.2, -0.15) is 0 Å². The monoisotopic (exact) mass is 267 g/mol. The number of nitrogens with one attached hydrogen (secondary N) is 1. The molecule has 0 aromatic rings. The van der Waals surface area contributed by atoms with Crippen molar-refractivity contribution in [2.45, 2.75) is 32.6 Å². The van der Waals surface area contributed by atoms with Crippen LogP contribution in [0.3, 0.4) is 0 Å². The number of hydrogen-bond acceptors (Lipinski definition) is 3. The Kier molecular flexibility index (Phi) is 5.19. The van der Waals surface area contributed by atoms with E-state index in [9.17, 15) is 9.59 Å². The molecule has 0 saturated carbocycles. The standard InChI is InChI=1S/C14H25N3O2/c1-12-4-8-16(9-5-12)13(18)2-3-14(19)17-10-6-15-7-11-17/h12,15H,2-11H2,1H3. The minimum Gasteiger partial charge on any atom is -0.343 e. The third-order valence-electron chi connectivity index (χ3n) is 4.16. The highest BCUT2D eigenvalue weighted by Crippen LogP contribution is 2.17. The highest BCUT2D eigenvalue weighted by molar-refractivity contribution is 5.84. The molecule has 0 aromatic carbocycles. The van der Waals surface area contributed by atoms with E-state index in [-0.39, 0.29) is 11.8 Å². The first-order valence-corrected chi connectivity index (χ1v) is 7.43. The van der Waals surface area contributed by atoms with Crippen LogP contribution in [0.4, 0.5) is 0 Å². The molecular weight excluding hydrogens is 242 g/mol. The van der Waals surface area contributed by atoms with Gasteiger partial charge >= 0.3 is 0 Å². The molecule has 0 atom stereocenters. The van der Waals surface area contributed by atoms with E-state index in [1.165, 1.54) is 0 Å². The van der Waals surface area contributed by atoms with Crippen molar-refractivity contribution in [1.29, 1.82) is 0 Å². The van der Waals surface area contributed by atoms with E-state index in [0.29, 0.717) is 12.8 Å². The van der Waals surface area contributed by atoms with Crippen molar-refractivity contribution in [2.24, 2.45) is 5.92 Å². The van der Waals surface area contributed by atoms with Gasteiger partial charge in [-0.25, -0.2) is 0 Å². The summed E-state index contributed by atoms with van der Waals surface area (Å²) in [6.07, 6.45) is 2.93. The molecule has 0 radical (unpaired) electrons. The quantitative estimate of drug-likeness (QED) is 0.808. The number of hydrogen-bond donors (Lipinski definition) is 1. The average molecular weight is 267 g/mol. The molecule has 5 nitrogen and oxygen atoms in total. The molecule has 1 N–H and O–H groups in total. The van der Waals surface area contributed by atoms with Crippen LogP contribution in [-0.4, -0.2) is 60.9 Å². The molecule has 0 unspecified atom stereocenters. The van der Waals surface area contributed by atoms with Gasteiger partial charge in [-0.3, -0.25) is 9.59 Å². The third kappa shape index (κ3) is 4.20. The second-order valence-corrected chi connectivity index (χ2v) is 5.69. The maximum atomic E-state index is 12.0. The summed E-state index contributed by atoms with van der Waals surface area (Å²) >= 11 is 0. The molecule has 0 bridgehead atoms. The van der Waals surface area contributed by atoms with Gasteiger partial charge in [0.1, 0.15) is 0 Å². The fraction of sp³-hybridized carbons (Fsp3) is 0.857. The molecule has 0 spiro atoms. The summed E-state index contributed by atoms with van der Waals surface area (Å²) in [7, 11) is 0. The molecule has 2 aliphatic heterocycles. The summed E-state index contributed by atoms with van der Waals surface area (Å²) in [5.41, 5.74) is 0. The molecule has 0 aliphatic carbocycles. The second-order valence-electron chi connectivity index (χ2n) is 5.69. The first-order valence-electron chi connectivity index (χ1n) is 7.43. The second kappa shape index (κ2) is 6.89. The summed E-state index contributed by atoms with van der Waals surface area (Å²) in [6, 6.07) is 0. The predicted octanol–water partition coefficient (Wildman–Crippen LogP) is 0.457. The average Bonchev–Trinajstić information content (AvgIpc) is 2.46. The highest BCUT2D eigenvalue weighted by atomic mass is 16.2. The molecular formula is C14H25N3O2. The molecule has 2 heterocycles. The predicted molar refractivity (Wildman–Crippen MR) is 73.7 cm³/mol. The normalized spacial score (nSPS) is 21.5. The number of piperazine rings is 1. The smallest absolute Gasteiger partial charge is 0.223 e. The highest BCUT2D eigenvalue weighted by Gasteiger charge is 2.22. The summed E-state index contributed by atoms with van der Waals surface area (Å²) in [5.74, 6) is 1.00. The van der Waals surface area contributed by atoms with E-state index < -0.39 is 0 Å². The van der Waals surface area contributed by atoms with E-state index >= 15 is 0 Å². The van der Waals surface area contributed by atoms with E-state index in [4.69, 9.17) is 0 Å². The van der Waals surface area contributed by atoms with Crippen LogP contribution >= 0.6 is 0 Å². The van der Waals surface area contributed by atoms with Crippen LogP contribution in [0.1, 0.15) is 32.6 Å². The molecule has 2 fully saturated rings. The number of nitrogens with zero attached hydrogens (tertiary/aromatic N) is 2. The van der Waals surface area contributed by atoms with Crippen LogP contribution < -0.4 is 5.32 Å². The van der Waals surface area contributed by atoms with Crippen LogP contribution in [0, 0.1) is 5.92 Å². The van der Waals surface area contributed by atoms with Crippen molar-refractivity contribution in [2.75, 3.05) is 39.3 Å². The number of carbonyl (C=O) groups is 2. The molecule has 2 amide bonds. The molecule has 5 heteroatoms. The SMILES string of the molecule is CC1CCN(C(=O)CCC(=O)N2CCNCC2)CC1. The van der Waals surface area contributed by atoms with Gasteiger partial charge < -0.3 is 15.1 Å². The number of likely N-dealkylation sites (tertiary alicyclic amines) is 1. The van der Waals surface area contributed by atoms with E-state index in [1.54, 1.807) is 0 Å². The summed E-state index contributed by atoms with van der Waals surface area (Å²) < 4.78 is 0. The van der Waals surface area contributed by atoms with Gasteiger partial charge in [-0.05, 0) is 18.8 Å². The zero-order valence-corrected chi connectivity index (χ0v) is 11.9. The molecule has 2 aliphatic rings. The maximum Gasteiger partial charge on any atom is 0.223 e. The van der Waals surface area contributed by atoms with Crippen LogP contribution in [0.25, 0.3) is 0 Å². The topological polar surface area (TPSA) is 52.7 Å². The van der Waals surface area contributed by atoms with E-state index in [2.05, 4.69) is 12.2 Å². The molecule has 2 rings (SSSR count). The van der Waals surface area contributed by atoms with Crippen molar-refractivity contribution in [3.8, 4) is 0 Å². The number of amides is 2. The fourth-order valence-electron chi connectivity index (χ4n) is 2.70. The molecule has 0 aromatic heterocycles. The van der Waals surface area contributed by atoms with Gasteiger partial charge in [0.2, 0.25) is 11.8 Å². The van der Waals surface area contributed by atoms with Gasteiger partial charge in [0.05, 0.1) is 0 Å². The largest absolute Gasteiger partial charge is 0.343 e. The lowest BCUT2D eigenvalue weighted by Crippen LogP contribution is -2.46. The van der Waals surface area contributed by atoms with Crippen LogP contribution in [-0.2, 0) is 9.59 Å². The lowest BCUT2D eigenvalue weighted by molar-refractivity contribution is -0.138. The van der Waals surface area contributed by atoms with Crippen molar-refractivity contribution in [1.82, 2.24) is 15.1 Å². The van der Waals surface area contributed by atoms with Crippen molar-refractivity contribution >= 4 is 11.8 Å². The van der Waals surface area contributed by atoms with Crippen LogP contribution in [0.5, 0.6) is 0 Å². The minimum absolute atomic E-state index is 0.125. The molecule has 19 heavy (non-hydrogen) atoms. The molecule has 2 saturated heterocycles. The Morgan fingerprint density at radius 1 is 0.947 bits per heavy atom. The minimum atomic E-state index is 0.125.